The number of hydrogen-bond donors (Lipinski definition) is 2. The smallest absolute Gasteiger partial charge is 0.263 e. The molecule has 0 radical (unpaired) electrons. The van der Waals surface area contributed by atoms with E-state index in [-0.39, 0.29) is 18.6 Å². The summed E-state index contributed by atoms with van der Waals surface area (Å²) in [6.45, 7) is 3.93. The number of furan rings is 1. The first-order valence-electron chi connectivity index (χ1n) is 7.32. The molecule has 126 valence electrons. The van der Waals surface area contributed by atoms with Crippen LogP contribution in [0.1, 0.15) is 39.2 Å². The predicted octanol–water partition coefficient (Wildman–Crippen LogP) is 2.47. The van der Waals surface area contributed by atoms with Gasteiger partial charge in [-0.3, -0.25) is 9.89 Å². The molecule has 24 heavy (non-hydrogen) atoms. The number of amides is 1. The number of carbonyl (C=O) groups excluding carboxylic acids is 1. The molecule has 0 spiro atoms. The summed E-state index contributed by atoms with van der Waals surface area (Å²) in [6, 6.07) is 3.53. The highest BCUT2D eigenvalue weighted by Crippen LogP contribution is 2.25. The molecule has 0 aliphatic carbocycles. The quantitative estimate of drug-likeness (QED) is 0.709. The van der Waals surface area contributed by atoms with Gasteiger partial charge in [-0.05, 0) is 26.0 Å². The van der Waals surface area contributed by atoms with Crippen molar-refractivity contribution in [2.75, 3.05) is 7.11 Å². The van der Waals surface area contributed by atoms with E-state index in [0.29, 0.717) is 28.0 Å². The van der Waals surface area contributed by atoms with Crippen LogP contribution in [0.2, 0.25) is 0 Å². The Labute approximate surface area is 142 Å². The van der Waals surface area contributed by atoms with E-state index in [1.54, 1.807) is 32.4 Å². The Balaban J connectivity index is 1.65. The number of H-pyrrole nitrogens is 1. The Morgan fingerprint density at radius 2 is 2.33 bits per heavy atom. The lowest BCUT2D eigenvalue weighted by Gasteiger charge is -2.03. The minimum Gasteiger partial charge on any atom is -0.461 e. The number of aryl methyl sites for hydroxylation is 1. The maximum Gasteiger partial charge on any atom is 0.263 e. The first-order chi connectivity index (χ1) is 11.6. The third-order valence-electron chi connectivity index (χ3n) is 3.41. The Bertz CT molecular complexity index is 824. The SMILES string of the molecule is CO[C@@H](C)c1nc(C)c(C(=O)NCc2nc(-c3ccco3)n[nH]2)s1. The fourth-order valence-electron chi connectivity index (χ4n) is 2.04. The van der Waals surface area contributed by atoms with E-state index in [1.165, 1.54) is 11.3 Å². The third-order valence-corrected chi connectivity index (χ3v) is 4.73. The molecular weight excluding hydrogens is 330 g/mol. The molecule has 0 aliphatic heterocycles. The van der Waals surface area contributed by atoms with Crippen molar-refractivity contribution in [3.05, 3.63) is 39.8 Å². The van der Waals surface area contributed by atoms with Crippen LogP contribution in [0.5, 0.6) is 0 Å². The van der Waals surface area contributed by atoms with Crippen molar-refractivity contribution in [2.45, 2.75) is 26.5 Å². The minimum absolute atomic E-state index is 0.139. The second kappa shape index (κ2) is 6.93. The van der Waals surface area contributed by atoms with E-state index in [9.17, 15) is 4.79 Å². The third kappa shape index (κ3) is 3.36. The van der Waals surface area contributed by atoms with Gasteiger partial charge in [-0.1, -0.05) is 0 Å². The number of hydrogen-bond acceptors (Lipinski definition) is 7. The maximum atomic E-state index is 12.3. The molecule has 8 nitrogen and oxygen atoms in total. The fourth-order valence-corrected chi connectivity index (χ4v) is 3.05. The number of rotatable bonds is 6. The average molecular weight is 347 g/mol. The lowest BCUT2D eigenvalue weighted by Crippen LogP contribution is -2.23. The van der Waals surface area contributed by atoms with Crippen LogP contribution in [0.25, 0.3) is 11.6 Å². The first kappa shape index (κ1) is 16.3. The molecule has 2 N–H and O–H groups in total. The second-order valence-corrected chi connectivity index (χ2v) is 6.14. The molecule has 3 rings (SSSR count). The Hall–Kier alpha value is -2.52. The van der Waals surface area contributed by atoms with Crippen LogP contribution in [0.3, 0.4) is 0 Å². The first-order valence-corrected chi connectivity index (χ1v) is 8.13. The van der Waals surface area contributed by atoms with E-state index < -0.39 is 0 Å². The number of nitrogens with zero attached hydrogens (tertiary/aromatic N) is 3. The van der Waals surface area contributed by atoms with Crippen molar-refractivity contribution in [3.8, 4) is 11.6 Å². The monoisotopic (exact) mass is 347 g/mol. The van der Waals surface area contributed by atoms with Crippen molar-refractivity contribution in [1.82, 2.24) is 25.5 Å². The van der Waals surface area contributed by atoms with Gasteiger partial charge in [0, 0.05) is 7.11 Å². The van der Waals surface area contributed by atoms with Gasteiger partial charge in [-0.25, -0.2) is 9.97 Å². The molecule has 9 heteroatoms. The number of aromatic amines is 1. The van der Waals surface area contributed by atoms with E-state index in [2.05, 4.69) is 25.5 Å². The van der Waals surface area contributed by atoms with Crippen molar-refractivity contribution >= 4 is 17.2 Å². The summed E-state index contributed by atoms with van der Waals surface area (Å²) < 4.78 is 10.5. The van der Waals surface area contributed by atoms with Crippen molar-refractivity contribution in [2.24, 2.45) is 0 Å². The van der Waals surface area contributed by atoms with Crippen molar-refractivity contribution < 1.29 is 13.9 Å². The van der Waals surface area contributed by atoms with Crippen LogP contribution in [0, 0.1) is 6.92 Å². The highest BCUT2D eigenvalue weighted by Gasteiger charge is 2.18. The zero-order valence-corrected chi connectivity index (χ0v) is 14.3. The summed E-state index contributed by atoms with van der Waals surface area (Å²) in [5, 5.41) is 10.4. The summed E-state index contributed by atoms with van der Waals surface area (Å²) >= 11 is 1.33. The van der Waals surface area contributed by atoms with Crippen molar-refractivity contribution in [3.63, 3.8) is 0 Å². The van der Waals surface area contributed by atoms with Crippen LogP contribution in [0.4, 0.5) is 0 Å². The summed E-state index contributed by atoms with van der Waals surface area (Å²) in [5.41, 5.74) is 0.685. The van der Waals surface area contributed by atoms with Crippen LogP contribution < -0.4 is 5.32 Å². The Kier molecular flexibility index (Phi) is 4.72. The summed E-state index contributed by atoms with van der Waals surface area (Å²) in [5.74, 6) is 1.37. The lowest BCUT2D eigenvalue weighted by atomic mass is 10.3. The number of aromatic nitrogens is 4. The number of nitrogens with one attached hydrogen (secondary N) is 2. The van der Waals surface area contributed by atoms with Gasteiger partial charge in [-0.15, -0.1) is 16.4 Å². The molecule has 0 unspecified atom stereocenters. The standard InChI is InChI=1S/C15H17N5O3S/c1-8-12(24-15(17-8)9(2)22-3)14(21)16-7-11-18-13(20-19-11)10-5-4-6-23-10/h4-6,9H,7H2,1-3H3,(H,16,21)(H,18,19,20)/t9-/m0/s1. The van der Waals surface area contributed by atoms with Gasteiger partial charge < -0.3 is 14.5 Å². The average Bonchev–Trinajstić information content (AvgIpc) is 3.31. The minimum atomic E-state index is -0.199. The molecule has 0 saturated heterocycles. The molecule has 3 heterocycles. The Morgan fingerprint density at radius 1 is 1.50 bits per heavy atom. The van der Waals surface area contributed by atoms with Gasteiger partial charge in [0.25, 0.3) is 5.91 Å². The number of carbonyl (C=O) groups is 1. The molecule has 0 saturated carbocycles. The van der Waals surface area contributed by atoms with Crippen LogP contribution in [0.15, 0.2) is 22.8 Å². The van der Waals surface area contributed by atoms with Crippen LogP contribution in [-0.4, -0.2) is 33.2 Å². The van der Waals surface area contributed by atoms with E-state index in [4.69, 9.17) is 9.15 Å². The van der Waals surface area contributed by atoms with Crippen LogP contribution in [-0.2, 0) is 11.3 Å². The highest BCUT2D eigenvalue weighted by molar-refractivity contribution is 7.13. The number of ether oxygens (including phenoxy) is 1. The predicted molar refractivity (Wildman–Crippen MR) is 87.5 cm³/mol. The number of thiazole rings is 1. The van der Waals surface area contributed by atoms with E-state index >= 15 is 0 Å². The molecule has 0 fully saturated rings. The Morgan fingerprint density at radius 3 is 3.04 bits per heavy atom. The second-order valence-electron chi connectivity index (χ2n) is 5.11. The number of methoxy groups -OCH3 is 1. The zero-order chi connectivity index (χ0) is 17.1. The molecule has 0 bridgehead atoms. The zero-order valence-electron chi connectivity index (χ0n) is 13.5. The van der Waals surface area contributed by atoms with Gasteiger partial charge in [-0.2, -0.15) is 0 Å². The molecular formula is C15H17N5O3S. The maximum absolute atomic E-state index is 12.3. The van der Waals surface area contributed by atoms with Crippen LogP contribution >= 0.6 is 11.3 Å². The van der Waals surface area contributed by atoms with Gasteiger partial charge in [0.05, 0.1) is 18.5 Å². The summed E-state index contributed by atoms with van der Waals surface area (Å²) in [4.78, 5) is 21.6. The van der Waals surface area contributed by atoms with E-state index in [0.717, 1.165) is 5.01 Å². The summed E-state index contributed by atoms with van der Waals surface area (Å²) in [6.07, 6.45) is 1.42. The highest BCUT2D eigenvalue weighted by atomic mass is 32.1. The van der Waals surface area contributed by atoms with Crippen molar-refractivity contribution in [1.29, 1.82) is 0 Å². The van der Waals surface area contributed by atoms with Gasteiger partial charge in [0.2, 0.25) is 5.82 Å². The van der Waals surface area contributed by atoms with Gasteiger partial charge >= 0.3 is 0 Å². The van der Waals surface area contributed by atoms with Gasteiger partial charge in [0.15, 0.2) is 5.76 Å². The molecule has 1 amide bonds. The topological polar surface area (TPSA) is 106 Å². The molecule has 3 aromatic heterocycles. The lowest BCUT2D eigenvalue weighted by molar-refractivity contribution is 0.0953. The molecule has 0 aromatic carbocycles. The largest absolute Gasteiger partial charge is 0.461 e. The molecule has 1 atom stereocenters. The molecule has 3 aromatic rings. The normalized spacial score (nSPS) is 12.3. The molecule has 0 aliphatic rings. The van der Waals surface area contributed by atoms with E-state index in [1.807, 2.05) is 6.92 Å². The van der Waals surface area contributed by atoms with Gasteiger partial charge in [0.1, 0.15) is 21.8 Å². The summed E-state index contributed by atoms with van der Waals surface area (Å²) in [7, 11) is 1.61. The fraction of sp³-hybridized carbons (Fsp3) is 0.333.